The molecule has 3 rings (SSSR count). The van der Waals surface area contributed by atoms with E-state index >= 15 is 0 Å². The number of nitrogens with zero attached hydrogens (tertiary/aromatic N) is 2. The number of anilines is 1. The zero-order chi connectivity index (χ0) is 18.5. The lowest BCUT2D eigenvalue weighted by Crippen LogP contribution is -2.41. The number of hydrazine groups is 1. The third-order valence-corrected chi connectivity index (χ3v) is 3.95. The molecular formula is C20H20N4O2. The molecule has 0 saturated heterocycles. The summed E-state index contributed by atoms with van der Waals surface area (Å²) in [5, 5.41) is 0. The first-order chi connectivity index (χ1) is 12.5. The van der Waals surface area contributed by atoms with E-state index in [1.165, 1.54) is 0 Å². The van der Waals surface area contributed by atoms with Crippen molar-refractivity contribution in [2.24, 2.45) is 0 Å². The van der Waals surface area contributed by atoms with E-state index in [0.717, 1.165) is 11.4 Å². The molecule has 6 heteroatoms. The van der Waals surface area contributed by atoms with E-state index in [1.54, 1.807) is 30.3 Å². The number of carbonyl (C=O) groups excluding carboxylic acids is 2. The molecule has 0 radical (unpaired) electrons. The maximum Gasteiger partial charge on any atom is 0.269 e. The van der Waals surface area contributed by atoms with E-state index in [9.17, 15) is 9.59 Å². The predicted octanol–water partition coefficient (Wildman–Crippen LogP) is 2.62. The Balaban J connectivity index is 1.61. The highest BCUT2D eigenvalue weighted by Crippen LogP contribution is 2.13. The van der Waals surface area contributed by atoms with E-state index in [0.29, 0.717) is 11.1 Å². The fraction of sp³-hybridized carbons (Fsp3) is 0.100. The molecule has 0 unspecified atom stereocenters. The molecule has 0 fully saturated rings. The summed E-state index contributed by atoms with van der Waals surface area (Å²) < 4.78 is 1.95. The first-order valence-electron chi connectivity index (χ1n) is 8.16. The van der Waals surface area contributed by atoms with Crippen molar-refractivity contribution in [2.45, 2.75) is 0 Å². The largest absolute Gasteiger partial charge is 0.378 e. The highest BCUT2D eigenvalue weighted by Gasteiger charge is 2.10. The van der Waals surface area contributed by atoms with E-state index in [-0.39, 0.29) is 11.8 Å². The third kappa shape index (κ3) is 3.92. The number of carbonyl (C=O) groups is 2. The molecular weight excluding hydrogens is 328 g/mol. The minimum atomic E-state index is -0.374. The molecule has 1 heterocycles. The molecule has 0 aliphatic carbocycles. The summed E-state index contributed by atoms with van der Waals surface area (Å²) in [5.41, 5.74) is 7.68. The van der Waals surface area contributed by atoms with Crippen LogP contribution >= 0.6 is 0 Å². The summed E-state index contributed by atoms with van der Waals surface area (Å²) in [6, 6.07) is 18.1. The summed E-state index contributed by atoms with van der Waals surface area (Å²) in [5.74, 6) is -0.743. The quantitative estimate of drug-likeness (QED) is 0.712. The van der Waals surface area contributed by atoms with Gasteiger partial charge in [0.15, 0.2) is 0 Å². The van der Waals surface area contributed by atoms with Gasteiger partial charge in [0, 0.05) is 49.0 Å². The van der Waals surface area contributed by atoms with Crippen molar-refractivity contribution in [1.29, 1.82) is 0 Å². The minimum absolute atomic E-state index is 0.369. The maximum absolute atomic E-state index is 12.2. The number of nitrogens with one attached hydrogen (secondary N) is 2. The van der Waals surface area contributed by atoms with Gasteiger partial charge in [-0.15, -0.1) is 0 Å². The smallest absolute Gasteiger partial charge is 0.269 e. The van der Waals surface area contributed by atoms with Crippen LogP contribution in [0.5, 0.6) is 0 Å². The number of aromatic nitrogens is 1. The Morgan fingerprint density at radius 3 is 2.04 bits per heavy atom. The van der Waals surface area contributed by atoms with Gasteiger partial charge in [0.05, 0.1) is 0 Å². The standard InChI is InChI=1S/C20H20N4O2/c1-23(2)18-7-5-6-16(14-18)20(26)22-21-19(25)15-8-10-17(11-9-15)24-12-3-4-13-24/h3-14H,1-2H3,(H,21,25)(H,22,26). The van der Waals surface area contributed by atoms with Crippen LogP contribution in [-0.2, 0) is 0 Å². The van der Waals surface area contributed by atoms with Gasteiger partial charge in [-0.25, -0.2) is 0 Å². The van der Waals surface area contributed by atoms with Gasteiger partial charge >= 0.3 is 0 Å². The first kappa shape index (κ1) is 17.3. The van der Waals surface area contributed by atoms with Crippen LogP contribution in [0.1, 0.15) is 20.7 Å². The van der Waals surface area contributed by atoms with E-state index in [4.69, 9.17) is 0 Å². The molecule has 0 bridgehead atoms. The normalized spacial score (nSPS) is 10.2. The molecule has 6 nitrogen and oxygen atoms in total. The molecule has 2 aromatic carbocycles. The van der Waals surface area contributed by atoms with E-state index in [2.05, 4.69) is 10.9 Å². The molecule has 2 N–H and O–H groups in total. The molecule has 0 saturated carbocycles. The Hall–Kier alpha value is -3.54. The van der Waals surface area contributed by atoms with Gasteiger partial charge in [0.25, 0.3) is 11.8 Å². The highest BCUT2D eigenvalue weighted by atomic mass is 16.2. The lowest BCUT2D eigenvalue weighted by Gasteiger charge is -2.13. The van der Waals surface area contributed by atoms with Gasteiger partial charge in [-0.3, -0.25) is 20.4 Å². The van der Waals surface area contributed by atoms with Crippen molar-refractivity contribution < 1.29 is 9.59 Å². The molecule has 132 valence electrons. The van der Waals surface area contributed by atoms with Crippen LogP contribution in [0.2, 0.25) is 0 Å². The van der Waals surface area contributed by atoms with Crippen molar-refractivity contribution in [3.05, 3.63) is 84.2 Å². The maximum atomic E-state index is 12.2. The van der Waals surface area contributed by atoms with Crippen molar-refractivity contribution in [1.82, 2.24) is 15.4 Å². The Labute approximate surface area is 152 Å². The average Bonchev–Trinajstić information content (AvgIpc) is 3.21. The zero-order valence-corrected chi connectivity index (χ0v) is 14.6. The fourth-order valence-electron chi connectivity index (χ4n) is 2.47. The van der Waals surface area contributed by atoms with Crippen LogP contribution in [0, 0.1) is 0 Å². The molecule has 1 aromatic heterocycles. The van der Waals surface area contributed by atoms with Crippen molar-refractivity contribution in [2.75, 3.05) is 19.0 Å². The van der Waals surface area contributed by atoms with Crippen molar-refractivity contribution in [3.63, 3.8) is 0 Å². The lowest BCUT2D eigenvalue weighted by molar-refractivity contribution is 0.0846. The van der Waals surface area contributed by atoms with Crippen LogP contribution in [-0.4, -0.2) is 30.5 Å². The van der Waals surface area contributed by atoms with Gasteiger partial charge in [0.2, 0.25) is 0 Å². The average molecular weight is 348 g/mol. The summed E-state index contributed by atoms with van der Waals surface area (Å²) in [4.78, 5) is 26.3. The predicted molar refractivity (Wildman–Crippen MR) is 101 cm³/mol. The number of amides is 2. The van der Waals surface area contributed by atoms with Gasteiger partial charge < -0.3 is 9.47 Å². The Morgan fingerprint density at radius 2 is 1.42 bits per heavy atom. The third-order valence-electron chi connectivity index (χ3n) is 3.95. The molecule has 0 atom stereocenters. The Bertz CT molecular complexity index is 900. The van der Waals surface area contributed by atoms with Crippen molar-refractivity contribution >= 4 is 17.5 Å². The molecule has 3 aromatic rings. The zero-order valence-electron chi connectivity index (χ0n) is 14.6. The van der Waals surface area contributed by atoms with Crippen LogP contribution in [0.25, 0.3) is 5.69 Å². The van der Waals surface area contributed by atoms with Crippen LogP contribution < -0.4 is 15.8 Å². The Kier molecular flexibility index (Phi) is 5.03. The highest BCUT2D eigenvalue weighted by molar-refractivity contribution is 5.99. The molecule has 26 heavy (non-hydrogen) atoms. The lowest BCUT2D eigenvalue weighted by atomic mass is 10.2. The number of hydrogen-bond donors (Lipinski definition) is 2. The number of benzene rings is 2. The number of hydrogen-bond acceptors (Lipinski definition) is 3. The van der Waals surface area contributed by atoms with Crippen molar-refractivity contribution in [3.8, 4) is 5.69 Å². The summed E-state index contributed by atoms with van der Waals surface area (Å²) >= 11 is 0. The topological polar surface area (TPSA) is 66.4 Å². The SMILES string of the molecule is CN(C)c1cccc(C(=O)NNC(=O)c2ccc(-n3cccc3)cc2)c1. The van der Waals surface area contributed by atoms with E-state index in [1.807, 2.05) is 66.3 Å². The first-order valence-corrected chi connectivity index (χ1v) is 8.16. The summed E-state index contributed by atoms with van der Waals surface area (Å²) in [7, 11) is 3.80. The van der Waals surface area contributed by atoms with Gasteiger partial charge in [-0.2, -0.15) is 0 Å². The summed E-state index contributed by atoms with van der Waals surface area (Å²) in [6.45, 7) is 0. The second-order valence-corrected chi connectivity index (χ2v) is 5.99. The monoisotopic (exact) mass is 348 g/mol. The molecule has 2 amide bonds. The van der Waals surface area contributed by atoms with Gasteiger partial charge in [-0.05, 0) is 54.6 Å². The van der Waals surface area contributed by atoms with Crippen LogP contribution in [0.15, 0.2) is 73.1 Å². The minimum Gasteiger partial charge on any atom is -0.378 e. The second-order valence-electron chi connectivity index (χ2n) is 5.99. The van der Waals surface area contributed by atoms with E-state index < -0.39 is 0 Å². The molecule has 0 aliphatic heterocycles. The fourth-order valence-corrected chi connectivity index (χ4v) is 2.47. The second kappa shape index (κ2) is 7.57. The van der Waals surface area contributed by atoms with Crippen LogP contribution in [0.4, 0.5) is 5.69 Å². The van der Waals surface area contributed by atoms with Crippen LogP contribution in [0.3, 0.4) is 0 Å². The Morgan fingerprint density at radius 1 is 0.808 bits per heavy atom. The van der Waals surface area contributed by atoms with Gasteiger partial charge in [0.1, 0.15) is 0 Å². The molecule has 0 aliphatic rings. The van der Waals surface area contributed by atoms with Gasteiger partial charge in [-0.1, -0.05) is 6.07 Å². The summed E-state index contributed by atoms with van der Waals surface area (Å²) in [6.07, 6.45) is 3.86. The molecule has 0 spiro atoms. The number of rotatable bonds is 4.